The maximum atomic E-state index is 10.9. The Hall–Kier alpha value is -3.07. The van der Waals surface area contributed by atoms with Crippen LogP contribution in [0.1, 0.15) is 32.6 Å². The molecular formula is C24H24O3. The first-order chi connectivity index (χ1) is 13.1. The summed E-state index contributed by atoms with van der Waals surface area (Å²) in [5, 5.41) is 8.97. The van der Waals surface area contributed by atoms with Gasteiger partial charge in [0.1, 0.15) is 5.75 Å². The van der Waals surface area contributed by atoms with E-state index in [4.69, 9.17) is 9.84 Å². The fourth-order valence-corrected chi connectivity index (χ4v) is 3.12. The minimum absolute atomic E-state index is 0.333. The number of aromatic carboxylic acids is 1. The molecule has 0 heterocycles. The number of carbonyl (C=O) groups is 1. The topological polar surface area (TPSA) is 46.5 Å². The van der Waals surface area contributed by atoms with E-state index >= 15 is 0 Å². The van der Waals surface area contributed by atoms with Gasteiger partial charge in [-0.15, -0.1) is 0 Å². The molecule has 3 aromatic rings. The molecule has 0 aliphatic heterocycles. The Morgan fingerprint density at radius 1 is 0.741 bits per heavy atom. The van der Waals surface area contributed by atoms with Gasteiger partial charge in [0.25, 0.3) is 0 Å². The lowest BCUT2D eigenvalue weighted by atomic mass is 9.99. The summed E-state index contributed by atoms with van der Waals surface area (Å²) >= 11 is 0. The van der Waals surface area contributed by atoms with Crippen molar-refractivity contribution in [1.82, 2.24) is 0 Å². The monoisotopic (exact) mass is 360 g/mol. The number of aryl methyl sites for hydroxylation is 4. The van der Waals surface area contributed by atoms with E-state index in [1.165, 1.54) is 16.7 Å². The number of carboxylic acid groups (broad SMARTS) is 1. The van der Waals surface area contributed by atoms with Gasteiger partial charge in [0.05, 0.1) is 12.7 Å². The van der Waals surface area contributed by atoms with Crippen LogP contribution in [-0.4, -0.2) is 18.2 Å². The first kappa shape index (κ1) is 18.7. The first-order valence-corrected chi connectivity index (χ1v) is 9.17. The fraction of sp³-hybridized carbons (Fsp3) is 0.208. The molecule has 3 rings (SSSR count). The van der Waals surface area contributed by atoms with Crippen LogP contribution in [0.15, 0.2) is 72.8 Å². The van der Waals surface area contributed by atoms with Crippen molar-refractivity contribution < 1.29 is 14.6 Å². The summed E-state index contributed by atoms with van der Waals surface area (Å²) in [5.74, 6) is 0.00301. The zero-order valence-electron chi connectivity index (χ0n) is 15.5. The average Bonchev–Trinajstić information content (AvgIpc) is 2.72. The van der Waals surface area contributed by atoms with Gasteiger partial charge in [-0.2, -0.15) is 0 Å². The van der Waals surface area contributed by atoms with Crippen molar-refractivity contribution in [2.24, 2.45) is 0 Å². The van der Waals surface area contributed by atoms with Gasteiger partial charge < -0.3 is 9.84 Å². The van der Waals surface area contributed by atoms with Gasteiger partial charge >= 0.3 is 5.97 Å². The van der Waals surface area contributed by atoms with E-state index in [1.54, 1.807) is 19.2 Å². The largest absolute Gasteiger partial charge is 0.497 e. The summed E-state index contributed by atoms with van der Waals surface area (Å²) in [5.41, 5.74) is 5.44. The number of hydrogen-bond acceptors (Lipinski definition) is 2. The lowest BCUT2D eigenvalue weighted by molar-refractivity contribution is 0.0697. The molecule has 0 aromatic heterocycles. The Bertz CT molecular complexity index is 880. The summed E-state index contributed by atoms with van der Waals surface area (Å²) in [4.78, 5) is 10.9. The summed E-state index contributed by atoms with van der Waals surface area (Å²) < 4.78 is 5.20. The normalized spacial score (nSPS) is 10.6. The van der Waals surface area contributed by atoms with Crippen molar-refractivity contribution in [3.63, 3.8) is 0 Å². The van der Waals surface area contributed by atoms with Crippen LogP contribution in [0.2, 0.25) is 0 Å². The molecule has 138 valence electrons. The number of hydrogen-bond donors (Lipinski definition) is 1. The van der Waals surface area contributed by atoms with E-state index < -0.39 is 5.97 Å². The third-order valence-electron chi connectivity index (χ3n) is 4.76. The number of benzene rings is 3. The smallest absolute Gasteiger partial charge is 0.335 e. The quantitative estimate of drug-likeness (QED) is 0.617. The van der Waals surface area contributed by atoms with Crippen LogP contribution in [0.25, 0.3) is 0 Å². The highest BCUT2D eigenvalue weighted by Gasteiger charge is 2.03. The number of rotatable bonds is 8. The van der Waals surface area contributed by atoms with E-state index in [1.807, 2.05) is 24.3 Å². The molecule has 0 aliphatic carbocycles. The van der Waals surface area contributed by atoms with Gasteiger partial charge in [0, 0.05) is 0 Å². The van der Waals surface area contributed by atoms with Gasteiger partial charge in [0.15, 0.2) is 0 Å². The molecule has 3 nitrogen and oxygen atoms in total. The number of ether oxygens (including phenoxy) is 1. The molecule has 0 bridgehead atoms. The summed E-state index contributed by atoms with van der Waals surface area (Å²) in [7, 11) is 1.68. The van der Waals surface area contributed by atoms with Crippen molar-refractivity contribution in [1.29, 1.82) is 0 Å². The Balaban J connectivity index is 1.55. The molecule has 0 fully saturated rings. The van der Waals surface area contributed by atoms with Crippen LogP contribution in [0.3, 0.4) is 0 Å². The second-order valence-electron chi connectivity index (χ2n) is 6.67. The van der Waals surface area contributed by atoms with Crippen LogP contribution >= 0.6 is 0 Å². The molecule has 0 radical (unpaired) electrons. The molecule has 0 atom stereocenters. The molecule has 0 unspecified atom stereocenters. The van der Waals surface area contributed by atoms with E-state index in [0.29, 0.717) is 5.56 Å². The average molecular weight is 360 g/mol. The summed E-state index contributed by atoms with van der Waals surface area (Å²) in [6.07, 6.45) is 3.86. The van der Waals surface area contributed by atoms with Gasteiger partial charge in [-0.3, -0.25) is 0 Å². The highest BCUT2D eigenvalue weighted by molar-refractivity contribution is 5.87. The first-order valence-electron chi connectivity index (χ1n) is 9.17. The molecule has 3 heteroatoms. The fourth-order valence-electron chi connectivity index (χ4n) is 3.12. The maximum Gasteiger partial charge on any atom is 0.335 e. The second-order valence-corrected chi connectivity index (χ2v) is 6.67. The van der Waals surface area contributed by atoms with E-state index in [2.05, 4.69) is 36.4 Å². The van der Waals surface area contributed by atoms with Crippen molar-refractivity contribution in [3.05, 3.63) is 101 Å². The zero-order valence-corrected chi connectivity index (χ0v) is 15.5. The van der Waals surface area contributed by atoms with Crippen LogP contribution in [0.4, 0.5) is 0 Å². The molecule has 1 N–H and O–H groups in total. The second kappa shape index (κ2) is 9.04. The van der Waals surface area contributed by atoms with Crippen molar-refractivity contribution in [3.8, 4) is 5.75 Å². The maximum absolute atomic E-state index is 10.9. The SMILES string of the molecule is COc1ccc(CCc2cccc(CCc3ccc(C(=O)O)cc3)c2)cc1. The van der Waals surface area contributed by atoms with E-state index in [9.17, 15) is 4.79 Å². The van der Waals surface area contributed by atoms with Crippen molar-refractivity contribution in [2.45, 2.75) is 25.7 Å². The predicted octanol–water partition coefficient (Wildman–Crippen LogP) is 4.96. The minimum Gasteiger partial charge on any atom is -0.497 e. The van der Waals surface area contributed by atoms with Gasteiger partial charge in [-0.25, -0.2) is 4.79 Å². The molecule has 0 saturated heterocycles. The molecule has 0 saturated carbocycles. The van der Waals surface area contributed by atoms with Gasteiger partial charge in [0.2, 0.25) is 0 Å². The highest BCUT2D eigenvalue weighted by atomic mass is 16.5. The predicted molar refractivity (Wildman–Crippen MR) is 108 cm³/mol. The van der Waals surface area contributed by atoms with Crippen LogP contribution in [-0.2, 0) is 25.7 Å². The number of methoxy groups -OCH3 is 1. The third-order valence-corrected chi connectivity index (χ3v) is 4.76. The van der Waals surface area contributed by atoms with Crippen molar-refractivity contribution >= 4 is 5.97 Å². The standard InChI is InChI=1S/C24H24O3/c1-27-23-15-11-19(12-16-23)6-8-21-4-2-3-20(17-21)7-5-18-9-13-22(14-10-18)24(25)26/h2-4,9-17H,5-8H2,1H3,(H,25,26). The molecule has 0 aliphatic rings. The lowest BCUT2D eigenvalue weighted by Gasteiger charge is -2.07. The van der Waals surface area contributed by atoms with Gasteiger partial charge in [-0.05, 0) is 72.2 Å². The molecule has 3 aromatic carbocycles. The van der Waals surface area contributed by atoms with E-state index in [0.717, 1.165) is 37.0 Å². The minimum atomic E-state index is -0.883. The van der Waals surface area contributed by atoms with Crippen molar-refractivity contribution in [2.75, 3.05) is 7.11 Å². The third kappa shape index (κ3) is 5.45. The Morgan fingerprint density at radius 2 is 1.22 bits per heavy atom. The summed E-state index contributed by atoms with van der Waals surface area (Å²) in [6.45, 7) is 0. The molecule has 0 spiro atoms. The van der Waals surface area contributed by atoms with E-state index in [-0.39, 0.29) is 0 Å². The molecule has 27 heavy (non-hydrogen) atoms. The Kier molecular flexibility index (Phi) is 6.26. The number of carboxylic acids is 1. The summed E-state index contributed by atoms with van der Waals surface area (Å²) in [6, 6.07) is 24.1. The van der Waals surface area contributed by atoms with Crippen LogP contribution in [0.5, 0.6) is 5.75 Å². The lowest BCUT2D eigenvalue weighted by Crippen LogP contribution is -1.98. The van der Waals surface area contributed by atoms with Gasteiger partial charge in [-0.1, -0.05) is 48.5 Å². The van der Waals surface area contributed by atoms with Crippen LogP contribution < -0.4 is 4.74 Å². The Labute approximate surface area is 160 Å². The zero-order chi connectivity index (χ0) is 19.1. The molecular weight excluding hydrogens is 336 g/mol. The highest BCUT2D eigenvalue weighted by Crippen LogP contribution is 2.15. The Morgan fingerprint density at radius 3 is 1.70 bits per heavy atom. The molecule has 0 amide bonds. The van der Waals surface area contributed by atoms with Crippen LogP contribution in [0, 0.1) is 0 Å².